The summed E-state index contributed by atoms with van der Waals surface area (Å²) in [6.45, 7) is 5.97. The van der Waals surface area contributed by atoms with Crippen LogP contribution in [0.15, 0.2) is 60.9 Å². The standard InChI is InChI=1S/C22H25N5O3/c1-22(2,3)17-9-11-18(12-10-17)24-20(28)14-30-21(29)19(27-15-23-25-26-27)13-16-7-5-4-6-8-16/h4-12,15,19H,13-14H2,1-3H3,(H,24,28)/t19-/m0/s1. The summed E-state index contributed by atoms with van der Waals surface area (Å²) < 4.78 is 6.58. The lowest BCUT2D eigenvalue weighted by atomic mass is 9.87. The van der Waals surface area contributed by atoms with Gasteiger partial charge in [-0.2, -0.15) is 0 Å². The molecule has 0 aliphatic carbocycles. The summed E-state index contributed by atoms with van der Waals surface area (Å²) in [5.74, 6) is -0.994. The summed E-state index contributed by atoms with van der Waals surface area (Å²) in [4.78, 5) is 24.9. The number of esters is 1. The number of carbonyl (C=O) groups excluding carboxylic acids is 2. The van der Waals surface area contributed by atoms with Gasteiger partial charge in [0.1, 0.15) is 6.33 Å². The van der Waals surface area contributed by atoms with Gasteiger partial charge in [0.25, 0.3) is 5.91 Å². The molecule has 30 heavy (non-hydrogen) atoms. The second-order valence-electron chi connectivity index (χ2n) is 7.98. The molecule has 0 aliphatic rings. The van der Waals surface area contributed by atoms with Gasteiger partial charge in [-0.3, -0.25) is 4.79 Å². The van der Waals surface area contributed by atoms with Crippen molar-refractivity contribution in [3.63, 3.8) is 0 Å². The summed E-state index contributed by atoms with van der Waals surface area (Å²) in [6, 6.07) is 16.3. The first kappa shape index (κ1) is 21.2. The first-order valence-electron chi connectivity index (χ1n) is 9.66. The molecule has 8 nitrogen and oxygen atoms in total. The van der Waals surface area contributed by atoms with Crippen molar-refractivity contribution in [1.82, 2.24) is 20.2 Å². The van der Waals surface area contributed by atoms with Crippen LogP contribution >= 0.6 is 0 Å². The first-order chi connectivity index (χ1) is 14.3. The maximum absolute atomic E-state index is 12.6. The van der Waals surface area contributed by atoms with Gasteiger partial charge < -0.3 is 10.1 Å². The molecule has 1 heterocycles. The van der Waals surface area contributed by atoms with Crippen molar-refractivity contribution in [2.45, 2.75) is 38.6 Å². The van der Waals surface area contributed by atoms with E-state index < -0.39 is 24.5 Å². The van der Waals surface area contributed by atoms with E-state index in [4.69, 9.17) is 4.74 Å². The van der Waals surface area contributed by atoms with Crippen molar-refractivity contribution < 1.29 is 14.3 Å². The average Bonchev–Trinajstić information content (AvgIpc) is 3.25. The Morgan fingerprint density at radius 3 is 2.37 bits per heavy atom. The first-order valence-corrected chi connectivity index (χ1v) is 9.66. The Balaban J connectivity index is 1.58. The van der Waals surface area contributed by atoms with E-state index >= 15 is 0 Å². The molecule has 0 unspecified atom stereocenters. The van der Waals surface area contributed by atoms with Crippen molar-refractivity contribution in [2.24, 2.45) is 0 Å². The zero-order valence-corrected chi connectivity index (χ0v) is 17.3. The van der Waals surface area contributed by atoms with Crippen LogP contribution < -0.4 is 5.32 Å². The molecule has 3 rings (SSSR count). The number of carbonyl (C=O) groups is 2. The van der Waals surface area contributed by atoms with Crippen LogP contribution in [-0.2, 0) is 26.2 Å². The summed E-state index contributed by atoms with van der Waals surface area (Å²) in [5.41, 5.74) is 2.77. The molecule has 0 radical (unpaired) electrons. The molecule has 1 N–H and O–H groups in total. The SMILES string of the molecule is CC(C)(C)c1ccc(NC(=O)COC(=O)[C@H](Cc2ccccc2)n2cnnn2)cc1. The van der Waals surface area contributed by atoms with E-state index in [2.05, 4.69) is 41.6 Å². The van der Waals surface area contributed by atoms with Gasteiger partial charge in [-0.05, 0) is 39.1 Å². The molecule has 0 spiro atoms. The van der Waals surface area contributed by atoms with Crippen molar-refractivity contribution in [3.8, 4) is 0 Å². The van der Waals surface area contributed by atoms with Crippen LogP contribution in [0.2, 0.25) is 0 Å². The van der Waals surface area contributed by atoms with Crippen molar-refractivity contribution in [3.05, 3.63) is 72.1 Å². The highest BCUT2D eigenvalue weighted by Gasteiger charge is 2.24. The highest BCUT2D eigenvalue weighted by molar-refractivity contribution is 5.93. The van der Waals surface area contributed by atoms with Gasteiger partial charge >= 0.3 is 5.97 Å². The number of anilines is 1. The van der Waals surface area contributed by atoms with Gasteiger partial charge in [-0.15, -0.1) is 5.10 Å². The van der Waals surface area contributed by atoms with Crippen LogP contribution in [0, 0.1) is 0 Å². The molecular weight excluding hydrogens is 382 g/mol. The Labute approximate surface area is 175 Å². The third-order valence-corrected chi connectivity index (χ3v) is 4.61. The maximum Gasteiger partial charge on any atom is 0.331 e. The third-order valence-electron chi connectivity index (χ3n) is 4.61. The van der Waals surface area contributed by atoms with Crippen LogP contribution in [0.25, 0.3) is 0 Å². The van der Waals surface area contributed by atoms with Crippen LogP contribution in [-0.4, -0.2) is 38.7 Å². The molecule has 0 aliphatic heterocycles. The fourth-order valence-corrected chi connectivity index (χ4v) is 2.92. The van der Waals surface area contributed by atoms with E-state index in [0.29, 0.717) is 12.1 Å². The monoisotopic (exact) mass is 407 g/mol. The summed E-state index contributed by atoms with van der Waals surface area (Å²) in [5, 5.41) is 13.7. The van der Waals surface area contributed by atoms with Gasteiger partial charge in [-0.25, -0.2) is 9.48 Å². The van der Waals surface area contributed by atoms with E-state index in [0.717, 1.165) is 11.1 Å². The van der Waals surface area contributed by atoms with Crippen LogP contribution in [0.1, 0.15) is 37.9 Å². The minimum Gasteiger partial charge on any atom is -0.454 e. The van der Waals surface area contributed by atoms with Crippen LogP contribution in [0.4, 0.5) is 5.69 Å². The quantitative estimate of drug-likeness (QED) is 0.605. The van der Waals surface area contributed by atoms with E-state index in [1.165, 1.54) is 11.0 Å². The zero-order chi connectivity index (χ0) is 21.6. The summed E-state index contributed by atoms with van der Waals surface area (Å²) >= 11 is 0. The van der Waals surface area contributed by atoms with Gasteiger partial charge in [0.05, 0.1) is 0 Å². The van der Waals surface area contributed by atoms with Crippen molar-refractivity contribution >= 4 is 17.6 Å². The Bertz CT molecular complexity index is 964. The Hall–Kier alpha value is -3.55. The second-order valence-corrected chi connectivity index (χ2v) is 7.98. The molecule has 0 bridgehead atoms. The molecular formula is C22H25N5O3. The van der Waals surface area contributed by atoms with Gasteiger partial charge in [0, 0.05) is 12.1 Å². The molecule has 1 amide bonds. The van der Waals surface area contributed by atoms with Gasteiger partial charge in [0.15, 0.2) is 12.6 Å². The number of hydrogen-bond donors (Lipinski definition) is 1. The Morgan fingerprint density at radius 1 is 1.07 bits per heavy atom. The fourth-order valence-electron chi connectivity index (χ4n) is 2.92. The topological polar surface area (TPSA) is 99.0 Å². The number of ether oxygens (including phenoxy) is 1. The number of rotatable bonds is 7. The molecule has 3 aromatic rings. The van der Waals surface area contributed by atoms with E-state index in [-0.39, 0.29) is 5.41 Å². The Kier molecular flexibility index (Phi) is 6.56. The molecule has 2 aromatic carbocycles. The van der Waals surface area contributed by atoms with E-state index in [9.17, 15) is 9.59 Å². The van der Waals surface area contributed by atoms with Gasteiger partial charge in [-0.1, -0.05) is 63.2 Å². The highest BCUT2D eigenvalue weighted by atomic mass is 16.5. The summed E-state index contributed by atoms with van der Waals surface area (Å²) in [6.07, 6.45) is 1.70. The largest absolute Gasteiger partial charge is 0.454 e. The van der Waals surface area contributed by atoms with Crippen LogP contribution in [0.3, 0.4) is 0 Å². The molecule has 0 saturated carbocycles. The minimum absolute atomic E-state index is 0.0298. The number of aromatic nitrogens is 4. The smallest absolute Gasteiger partial charge is 0.331 e. The molecule has 0 saturated heterocycles. The highest BCUT2D eigenvalue weighted by Crippen LogP contribution is 2.23. The Morgan fingerprint density at radius 2 is 1.77 bits per heavy atom. The minimum atomic E-state index is -0.763. The number of nitrogens with zero attached hydrogens (tertiary/aromatic N) is 4. The maximum atomic E-state index is 12.6. The van der Waals surface area contributed by atoms with Gasteiger partial charge in [0.2, 0.25) is 0 Å². The molecule has 0 fully saturated rings. The lowest BCUT2D eigenvalue weighted by Gasteiger charge is -2.19. The lowest BCUT2D eigenvalue weighted by molar-refractivity contribution is -0.151. The van der Waals surface area contributed by atoms with Crippen molar-refractivity contribution in [2.75, 3.05) is 11.9 Å². The zero-order valence-electron chi connectivity index (χ0n) is 17.3. The number of hydrogen-bond acceptors (Lipinski definition) is 6. The number of tetrazole rings is 1. The number of nitrogens with one attached hydrogen (secondary N) is 1. The predicted octanol–water partition coefficient (Wildman–Crippen LogP) is 2.94. The molecule has 8 heteroatoms. The second kappa shape index (κ2) is 9.30. The molecule has 1 aromatic heterocycles. The molecule has 156 valence electrons. The van der Waals surface area contributed by atoms with E-state index in [1.54, 1.807) is 0 Å². The van der Waals surface area contributed by atoms with Crippen LogP contribution in [0.5, 0.6) is 0 Å². The molecule has 1 atom stereocenters. The lowest BCUT2D eigenvalue weighted by Crippen LogP contribution is -2.28. The van der Waals surface area contributed by atoms with E-state index in [1.807, 2.05) is 54.6 Å². The predicted molar refractivity (Wildman–Crippen MR) is 112 cm³/mol. The van der Waals surface area contributed by atoms with Crippen molar-refractivity contribution in [1.29, 1.82) is 0 Å². The number of amides is 1. The third kappa shape index (κ3) is 5.73. The summed E-state index contributed by atoms with van der Waals surface area (Å²) in [7, 11) is 0. The fraction of sp³-hybridized carbons (Fsp3) is 0.318. The normalized spacial score (nSPS) is 12.2. The number of benzene rings is 2. The average molecular weight is 407 g/mol.